The van der Waals surface area contributed by atoms with E-state index in [0.717, 1.165) is 12.1 Å². The number of anilines is 1. The first-order valence-electron chi connectivity index (χ1n) is 5.85. The Hall–Kier alpha value is -1.79. The number of aromatic nitrogens is 1. The van der Waals surface area contributed by atoms with E-state index in [9.17, 15) is 18.0 Å². The standard InChI is InChI=1S/C12H14F3N3O/c1-7-5-8(12(13,14)15)6-10(16-7)17-9-3-4-18(2)11(9)19/h5-6,9H,3-4H2,1-2H3,(H,16,17). The third-order valence-electron chi connectivity index (χ3n) is 3.03. The van der Waals surface area contributed by atoms with Crippen LogP contribution < -0.4 is 5.32 Å². The van der Waals surface area contributed by atoms with Crippen molar-refractivity contribution in [3.8, 4) is 0 Å². The number of likely N-dealkylation sites (tertiary alicyclic amines) is 1. The van der Waals surface area contributed by atoms with Crippen molar-refractivity contribution in [2.75, 3.05) is 18.9 Å². The van der Waals surface area contributed by atoms with Crippen molar-refractivity contribution in [1.82, 2.24) is 9.88 Å². The summed E-state index contributed by atoms with van der Waals surface area (Å²) in [5.74, 6) is -0.0437. The van der Waals surface area contributed by atoms with Crippen LogP contribution in [-0.4, -0.2) is 35.4 Å². The number of amides is 1. The predicted molar refractivity (Wildman–Crippen MR) is 63.6 cm³/mol. The van der Waals surface area contributed by atoms with Crippen molar-refractivity contribution in [2.45, 2.75) is 25.6 Å². The number of pyridine rings is 1. The lowest BCUT2D eigenvalue weighted by Crippen LogP contribution is -2.31. The summed E-state index contributed by atoms with van der Waals surface area (Å²) in [7, 11) is 1.66. The highest BCUT2D eigenvalue weighted by molar-refractivity contribution is 5.86. The van der Waals surface area contributed by atoms with Crippen LogP contribution in [-0.2, 0) is 11.0 Å². The van der Waals surface area contributed by atoms with Gasteiger partial charge in [-0.1, -0.05) is 0 Å². The number of carbonyl (C=O) groups excluding carboxylic acids is 1. The Labute approximate surface area is 108 Å². The molecule has 1 aliphatic rings. The van der Waals surface area contributed by atoms with Crippen LogP contribution in [0.2, 0.25) is 0 Å². The van der Waals surface area contributed by atoms with E-state index in [1.807, 2.05) is 0 Å². The number of nitrogens with zero attached hydrogens (tertiary/aromatic N) is 2. The second-order valence-corrected chi connectivity index (χ2v) is 4.63. The zero-order chi connectivity index (χ0) is 14.2. The molecule has 0 bridgehead atoms. The number of halogens is 3. The van der Waals surface area contributed by atoms with Crippen LogP contribution in [0.4, 0.5) is 19.0 Å². The van der Waals surface area contributed by atoms with Gasteiger partial charge in [-0.3, -0.25) is 4.79 Å². The molecule has 1 N–H and O–H groups in total. The van der Waals surface area contributed by atoms with Gasteiger partial charge < -0.3 is 10.2 Å². The molecule has 1 aromatic rings. The van der Waals surface area contributed by atoms with Gasteiger partial charge in [-0.2, -0.15) is 13.2 Å². The van der Waals surface area contributed by atoms with Gasteiger partial charge in [-0.05, 0) is 25.5 Å². The molecule has 4 nitrogen and oxygen atoms in total. The Kier molecular flexibility index (Phi) is 3.38. The first-order chi connectivity index (χ1) is 8.77. The second kappa shape index (κ2) is 4.71. The summed E-state index contributed by atoms with van der Waals surface area (Å²) in [5.41, 5.74) is -0.502. The molecule has 0 saturated carbocycles. The molecule has 0 radical (unpaired) electrons. The first kappa shape index (κ1) is 13.6. The molecule has 7 heteroatoms. The van der Waals surface area contributed by atoms with Crippen LogP contribution in [0.25, 0.3) is 0 Å². The fourth-order valence-corrected chi connectivity index (χ4v) is 2.04. The van der Waals surface area contributed by atoms with E-state index < -0.39 is 17.8 Å². The molecule has 1 fully saturated rings. The number of alkyl halides is 3. The predicted octanol–water partition coefficient (Wildman–Crippen LogP) is 2.05. The molecule has 104 valence electrons. The molecule has 0 aliphatic carbocycles. The van der Waals surface area contributed by atoms with E-state index in [1.54, 1.807) is 7.05 Å². The van der Waals surface area contributed by atoms with Gasteiger partial charge in [0.1, 0.15) is 11.9 Å². The topological polar surface area (TPSA) is 45.2 Å². The van der Waals surface area contributed by atoms with Gasteiger partial charge in [0.15, 0.2) is 0 Å². The number of aryl methyl sites for hydroxylation is 1. The third-order valence-corrected chi connectivity index (χ3v) is 3.03. The Bertz CT molecular complexity index is 501. The van der Waals surface area contributed by atoms with Crippen LogP contribution in [0.15, 0.2) is 12.1 Å². The minimum absolute atomic E-state index is 0.0842. The molecule has 1 aromatic heterocycles. The van der Waals surface area contributed by atoms with E-state index in [0.29, 0.717) is 13.0 Å². The lowest BCUT2D eigenvalue weighted by molar-refractivity contribution is -0.137. The van der Waals surface area contributed by atoms with E-state index >= 15 is 0 Å². The maximum Gasteiger partial charge on any atom is 0.416 e. The summed E-state index contributed by atoms with van der Waals surface area (Å²) in [6.45, 7) is 2.08. The maximum atomic E-state index is 12.7. The molecule has 19 heavy (non-hydrogen) atoms. The van der Waals surface area contributed by atoms with Crippen molar-refractivity contribution >= 4 is 11.7 Å². The monoisotopic (exact) mass is 273 g/mol. The quantitative estimate of drug-likeness (QED) is 0.897. The molecule has 1 atom stereocenters. The summed E-state index contributed by atoms with van der Waals surface area (Å²) in [4.78, 5) is 17.2. The number of likely N-dealkylation sites (N-methyl/N-ethyl adjacent to an activating group) is 1. The van der Waals surface area contributed by atoms with Crippen LogP contribution in [0, 0.1) is 6.92 Å². The van der Waals surface area contributed by atoms with Gasteiger partial charge in [0.25, 0.3) is 0 Å². The van der Waals surface area contributed by atoms with Crippen molar-refractivity contribution in [3.05, 3.63) is 23.4 Å². The highest BCUT2D eigenvalue weighted by Gasteiger charge is 2.33. The average Bonchev–Trinajstić information content (AvgIpc) is 2.59. The summed E-state index contributed by atoms with van der Waals surface area (Å²) in [5, 5.41) is 2.77. The number of nitrogens with one attached hydrogen (secondary N) is 1. The van der Waals surface area contributed by atoms with Gasteiger partial charge in [-0.25, -0.2) is 4.98 Å². The van der Waals surface area contributed by atoms with Crippen molar-refractivity contribution < 1.29 is 18.0 Å². The number of hydrogen-bond donors (Lipinski definition) is 1. The molecular weight excluding hydrogens is 259 g/mol. The smallest absolute Gasteiger partial charge is 0.358 e. The Morgan fingerprint density at radius 3 is 2.63 bits per heavy atom. The normalized spacial score (nSPS) is 19.9. The molecule has 0 aromatic carbocycles. The molecule has 1 amide bonds. The zero-order valence-electron chi connectivity index (χ0n) is 10.6. The fraction of sp³-hybridized carbons (Fsp3) is 0.500. The highest BCUT2D eigenvalue weighted by Crippen LogP contribution is 2.31. The third kappa shape index (κ3) is 2.97. The van der Waals surface area contributed by atoms with E-state index in [-0.39, 0.29) is 17.4 Å². The largest absolute Gasteiger partial charge is 0.416 e. The van der Waals surface area contributed by atoms with Crippen molar-refractivity contribution in [2.24, 2.45) is 0 Å². The molecule has 1 aliphatic heterocycles. The van der Waals surface area contributed by atoms with Gasteiger partial charge >= 0.3 is 6.18 Å². The molecule has 1 saturated heterocycles. The summed E-state index contributed by atoms with van der Waals surface area (Å²) >= 11 is 0. The molecule has 2 heterocycles. The lowest BCUT2D eigenvalue weighted by atomic mass is 10.2. The SMILES string of the molecule is Cc1cc(C(F)(F)F)cc(NC2CCN(C)C2=O)n1. The highest BCUT2D eigenvalue weighted by atomic mass is 19.4. The summed E-state index contributed by atoms with van der Waals surface area (Å²) < 4.78 is 38.0. The number of carbonyl (C=O) groups is 1. The Balaban J connectivity index is 2.22. The fourth-order valence-electron chi connectivity index (χ4n) is 2.04. The van der Waals surface area contributed by atoms with E-state index in [2.05, 4.69) is 10.3 Å². The van der Waals surface area contributed by atoms with E-state index in [1.165, 1.54) is 11.8 Å². The molecule has 2 rings (SSSR count). The number of rotatable bonds is 2. The van der Waals surface area contributed by atoms with Crippen LogP contribution in [0.1, 0.15) is 17.7 Å². The Morgan fingerprint density at radius 2 is 2.11 bits per heavy atom. The lowest BCUT2D eigenvalue weighted by Gasteiger charge is -2.15. The molecule has 1 unspecified atom stereocenters. The van der Waals surface area contributed by atoms with Crippen molar-refractivity contribution in [3.63, 3.8) is 0 Å². The van der Waals surface area contributed by atoms with Crippen molar-refractivity contribution in [1.29, 1.82) is 0 Å². The zero-order valence-corrected chi connectivity index (χ0v) is 10.6. The second-order valence-electron chi connectivity index (χ2n) is 4.63. The Morgan fingerprint density at radius 1 is 1.42 bits per heavy atom. The maximum absolute atomic E-state index is 12.7. The van der Waals surface area contributed by atoms with Gasteiger partial charge in [0, 0.05) is 19.3 Å². The van der Waals surface area contributed by atoms with Crippen LogP contribution in [0.3, 0.4) is 0 Å². The van der Waals surface area contributed by atoms with Gasteiger partial charge in [0.05, 0.1) is 5.56 Å². The van der Waals surface area contributed by atoms with Gasteiger partial charge in [0.2, 0.25) is 5.91 Å². The first-order valence-corrected chi connectivity index (χ1v) is 5.85. The van der Waals surface area contributed by atoms with Crippen LogP contribution in [0.5, 0.6) is 0 Å². The minimum Gasteiger partial charge on any atom is -0.358 e. The molecule has 0 spiro atoms. The summed E-state index contributed by atoms with van der Waals surface area (Å²) in [6, 6.07) is 1.41. The minimum atomic E-state index is -4.42. The summed E-state index contributed by atoms with van der Waals surface area (Å²) in [6.07, 6.45) is -3.85. The number of hydrogen-bond acceptors (Lipinski definition) is 3. The van der Waals surface area contributed by atoms with E-state index in [4.69, 9.17) is 0 Å². The average molecular weight is 273 g/mol. The molecular formula is C12H14F3N3O. The van der Waals surface area contributed by atoms with Gasteiger partial charge in [-0.15, -0.1) is 0 Å². The van der Waals surface area contributed by atoms with Crippen LogP contribution >= 0.6 is 0 Å².